The summed E-state index contributed by atoms with van der Waals surface area (Å²) in [6.45, 7) is 1.44. The summed E-state index contributed by atoms with van der Waals surface area (Å²) < 4.78 is 43.6. The number of hydrogen-bond acceptors (Lipinski definition) is 7. The molecule has 1 amide bonds. The van der Waals surface area contributed by atoms with Gasteiger partial charge in [-0.15, -0.1) is 0 Å². The number of aryl methyl sites for hydroxylation is 1. The molecule has 2 aromatic heterocycles. The Morgan fingerprint density at radius 2 is 1.71 bits per heavy atom. The first-order valence-electron chi connectivity index (χ1n) is 8.98. The van der Waals surface area contributed by atoms with Crippen molar-refractivity contribution in [1.82, 2.24) is 13.9 Å². The molecule has 158 valence electrons. The minimum atomic E-state index is -3.81. The summed E-state index contributed by atoms with van der Waals surface area (Å²) in [5.41, 5.74) is 0.566. The Hall–Kier alpha value is -3.44. The highest BCUT2D eigenvalue weighted by Crippen LogP contribution is 2.22. The third-order valence-corrected chi connectivity index (χ3v) is 7.15. The molecule has 0 aliphatic carbocycles. The molecule has 11 heteroatoms. The van der Waals surface area contributed by atoms with Crippen LogP contribution in [-0.4, -0.2) is 28.2 Å². The lowest BCUT2D eigenvalue weighted by Gasteiger charge is -2.09. The Bertz CT molecular complexity index is 1440. The first kappa shape index (κ1) is 20.8. The highest BCUT2D eigenvalue weighted by molar-refractivity contribution is 7.91. The van der Waals surface area contributed by atoms with Crippen LogP contribution in [0.1, 0.15) is 5.69 Å². The number of carbonyl (C=O) groups is 1. The highest BCUT2D eigenvalue weighted by atomic mass is 32.2. The van der Waals surface area contributed by atoms with E-state index in [0.717, 1.165) is 23.7 Å². The van der Waals surface area contributed by atoms with Crippen molar-refractivity contribution < 1.29 is 17.6 Å². The lowest BCUT2D eigenvalue weighted by Crippen LogP contribution is -2.27. The number of nitrogens with one attached hydrogen (secondary N) is 1. The molecule has 4 aromatic rings. The number of anilines is 1. The van der Waals surface area contributed by atoms with E-state index in [-0.39, 0.29) is 21.9 Å². The summed E-state index contributed by atoms with van der Waals surface area (Å²) in [6.07, 6.45) is 1.29. The Morgan fingerprint density at radius 3 is 2.35 bits per heavy atom. The molecule has 0 spiro atoms. The zero-order valence-corrected chi connectivity index (χ0v) is 17.7. The van der Waals surface area contributed by atoms with Gasteiger partial charge in [0.1, 0.15) is 12.4 Å². The molecule has 31 heavy (non-hydrogen) atoms. The van der Waals surface area contributed by atoms with E-state index >= 15 is 0 Å². The molecule has 0 saturated carbocycles. The van der Waals surface area contributed by atoms with E-state index in [0.29, 0.717) is 21.6 Å². The average molecular weight is 458 g/mol. The second-order valence-corrected chi connectivity index (χ2v) is 9.36. The monoisotopic (exact) mass is 458 g/mol. The number of rotatable bonds is 5. The molecule has 0 bridgehead atoms. The normalized spacial score (nSPS) is 11.5. The molecule has 0 saturated heterocycles. The molecular weight excluding hydrogens is 443 g/mol. The number of halogens is 1. The number of carbonyl (C=O) groups excluding carboxylic acids is 1. The van der Waals surface area contributed by atoms with E-state index in [9.17, 15) is 22.4 Å². The van der Waals surface area contributed by atoms with Crippen LogP contribution in [0, 0.1) is 12.7 Å². The summed E-state index contributed by atoms with van der Waals surface area (Å²) in [5.74, 6) is -1.01. The van der Waals surface area contributed by atoms with E-state index in [1.807, 2.05) is 0 Å². The van der Waals surface area contributed by atoms with Gasteiger partial charge in [0.2, 0.25) is 15.7 Å². The van der Waals surface area contributed by atoms with E-state index in [4.69, 9.17) is 0 Å². The van der Waals surface area contributed by atoms with Gasteiger partial charge in [0, 0.05) is 5.69 Å². The zero-order valence-electron chi connectivity index (χ0n) is 16.1. The molecule has 1 N–H and O–H groups in total. The molecular formula is C20H15FN4O4S2. The fraction of sp³-hybridized carbons (Fsp3) is 0.100. The molecule has 0 fully saturated rings. The standard InChI is InChI=1S/C20H15FN4O4S2/c1-12-18-19(30-24-12)22-11-25(20(18)27)10-17(26)23-14-4-8-16(9-5-14)31(28,29)15-6-2-13(21)3-7-15/h2-9,11H,10H2,1H3,(H,23,26). The van der Waals surface area contributed by atoms with Crippen LogP contribution in [0.15, 0.2) is 69.4 Å². The Balaban J connectivity index is 1.50. The van der Waals surface area contributed by atoms with Crippen LogP contribution < -0.4 is 10.9 Å². The molecule has 0 aliphatic heterocycles. The third kappa shape index (κ3) is 4.09. The van der Waals surface area contributed by atoms with Gasteiger partial charge in [0.25, 0.3) is 5.56 Å². The second-order valence-electron chi connectivity index (χ2n) is 6.66. The van der Waals surface area contributed by atoms with E-state index < -0.39 is 21.6 Å². The van der Waals surface area contributed by atoms with Gasteiger partial charge in [0.05, 0.1) is 27.2 Å². The third-order valence-electron chi connectivity index (χ3n) is 4.52. The maximum absolute atomic E-state index is 13.1. The minimum Gasteiger partial charge on any atom is -0.325 e. The van der Waals surface area contributed by atoms with Crippen LogP contribution in [0.2, 0.25) is 0 Å². The first-order chi connectivity index (χ1) is 14.8. The van der Waals surface area contributed by atoms with Crippen LogP contribution in [0.5, 0.6) is 0 Å². The molecule has 0 radical (unpaired) electrons. The van der Waals surface area contributed by atoms with Crippen molar-refractivity contribution >= 4 is 43.2 Å². The van der Waals surface area contributed by atoms with Crippen molar-refractivity contribution in [3.05, 3.63) is 76.7 Å². The van der Waals surface area contributed by atoms with Gasteiger partial charge >= 0.3 is 0 Å². The van der Waals surface area contributed by atoms with Gasteiger partial charge in [-0.3, -0.25) is 14.2 Å². The van der Waals surface area contributed by atoms with Crippen LogP contribution >= 0.6 is 11.5 Å². The first-order valence-corrected chi connectivity index (χ1v) is 11.2. The van der Waals surface area contributed by atoms with E-state index in [1.54, 1.807) is 6.92 Å². The summed E-state index contributed by atoms with van der Waals surface area (Å²) in [7, 11) is -3.81. The summed E-state index contributed by atoms with van der Waals surface area (Å²) in [5, 5.41) is 3.00. The van der Waals surface area contributed by atoms with Crippen molar-refractivity contribution in [3.63, 3.8) is 0 Å². The van der Waals surface area contributed by atoms with Crippen LogP contribution in [-0.2, 0) is 21.2 Å². The number of hydrogen-bond donors (Lipinski definition) is 1. The fourth-order valence-electron chi connectivity index (χ4n) is 2.95. The van der Waals surface area contributed by atoms with Crippen molar-refractivity contribution in [1.29, 1.82) is 0 Å². The van der Waals surface area contributed by atoms with Gasteiger partial charge in [-0.05, 0) is 67.0 Å². The smallest absolute Gasteiger partial charge is 0.264 e. The van der Waals surface area contributed by atoms with Gasteiger partial charge in [-0.1, -0.05) is 0 Å². The quantitative estimate of drug-likeness (QED) is 0.461. The van der Waals surface area contributed by atoms with E-state index in [1.165, 1.54) is 47.3 Å². The maximum atomic E-state index is 13.1. The van der Waals surface area contributed by atoms with Crippen LogP contribution in [0.3, 0.4) is 0 Å². The largest absolute Gasteiger partial charge is 0.325 e. The van der Waals surface area contributed by atoms with Crippen LogP contribution in [0.4, 0.5) is 10.1 Å². The zero-order chi connectivity index (χ0) is 22.2. The Kier molecular flexibility index (Phi) is 5.38. The number of fused-ring (bicyclic) bond motifs is 1. The summed E-state index contributed by atoms with van der Waals surface area (Å²) >= 11 is 1.12. The molecule has 8 nitrogen and oxygen atoms in total. The second kappa shape index (κ2) is 8.00. The van der Waals surface area contributed by atoms with Gasteiger partial charge in [-0.2, -0.15) is 4.37 Å². The topological polar surface area (TPSA) is 111 Å². The van der Waals surface area contributed by atoms with Gasteiger partial charge < -0.3 is 5.32 Å². The lowest BCUT2D eigenvalue weighted by molar-refractivity contribution is -0.116. The highest BCUT2D eigenvalue weighted by Gasteiger charge is 2.18. The lowest BCUT2D eigenvalue weighted by atomic mass is 10.3. The van der Waals surface area contributed by atoms with E-state index in [2.05, 4.69) is 14.7 Å². The number of sulfone groups is 1. The van der Waals surface area contributed by atoms with Crippen molar-refractivity contribution in [3.8, 4) is 0 Å². The van der Waals surface area contributed by atoms with Crippen LogP contribution in [0.25, 0.3) is 10.2 Å². The summed E-state index contributed by atoms with van der Waals surface area (Å²) in [6, 6.07) is 10.1. The molecule has 0 unspecified atom stereocenters. The fourth-order valence-corrected chi connectivity index (χ4v) is 4.94. The van der Waals surface area contributed by atoms with Gasteiger partial charge in [0.15, 0.2) is 4.83 Å². The summed E-state index contributed by atoms with van der Waals surface area (Å²) in [4.78, 5) is 29.5. The molecule has 0 aliphatic rings. The maximum Gasteiger partial charge on any atom is 0.264 e. The molecule has 4 rings (SSSR count). The predicted octanol–water partition coefficient (Wildman–Crippen LogP) is 2.77. The number of aromatic nitrogens is 3. The Labute approximate surface area is 180 Å². The predicted molar refractivity (Wildman–Crippen MR) is 113 cm³/mol. The van der Waals surface area contributed by atoms with Gasteiger partial charge in [-0.25, -0.2) is 17.8 Å². The SMILES string of the molecule is Cc1nsc2ncn(CC(=O)Nc3ccc(S(=O)(=O)c4ccc(F)cc4)cc3)c(=O)c12. The van der Waals surface area contributed by atoms with Crippen molar-refractivity contribution in [2.24, 2.45) is 0 Å². The number of nitrogens with zero attached hydrogens (tertiary/aromatic N) is 3. The minimum absolute atomic E-state index is 0.00316. The average Bonchev–Trinajstić information content (AvgIpc) is 3.12. The molecule has 2 heterocycles. The number of benzene rings is 2. The van der Waals surface area contributed by atoms with Crippen molar-refractivity contribution in [2.45, 2.75) is 23.3 Å². The Morgan fingerprint density at radius 1 is 1.10 bits per heavy atom. The number of amides is 1. The molecule has 2 aromatic carbocycles. The van der Waals surface area contributed by atoms with Crippen molar-refractivity contribution in [2.75, 3.05) is 5.32 Å². The molecule has 0 atom stereocenters.